The number of hydrogen-bond acceptors (Lipinski definition) is 3. The molecule has 1 aromatic rings. The number of hydrogen-bond donors (Lipinski definition) is 0. The van der Waals surface area contributed by atoms with Crippen LogP contribution in [0.4, 0.5) is 0 Å². The first kappa shape index (κ1) is 22.2. The van der Waals surface area contributed by atoms with Crippen molar-refractivity contribution in [3.8, 4) is 0 Å². The van der Waals surface area contributed by atoms with Gasteiger partial charge in [0.05, 0.1) is 5.92 Å². The van der Waals surface area contributed by atoms with Crippen molar-refractivity contribution in [1.82, 2.24) is 4.90 Å². The molecule has 0 unspecified atom stereocenters. The first-order chi connectivity index (χ1) is 12.1. The first-order valence-electron chi connectivity index (χ1n) is 9.60. The van der Waals surface area contributed by atoms with Gasteiger partial charge >= 0.3 is 5.97 Å². The lowest BCUT2D eigenvalue weighted by atomic mass is 9.92. The number of nitrogens with zero attached hydrogens (tertiary/aromatic N) is 1. The molecule has 0 heterocycles. The van der Waals surface area contributed by atoms with Crippen molar-refractivity contribution in [3.05, 3.63) is 35.9 Å². The van der Waals surface area contributed by atoms with E-state index in [2.05, 4.69) is 34.6 Å². The minimum atomic E-state index is -0.389. The van der Waals surface area contributed by atoms with Crippen LogP contribution in [0.3, 0.4) is 0 Å². The molecule has 0 aliphatic carbocycles. The summed E-state index contributed by atoms with van der Waals surface area (Å²) in [5, 5.41) is 0. The van der Waals surface area contributed by atoms with Crippen molar-refractivity contribution in [3.63, 3.8) is 0 Å². The zero-order chi connectivity index (χ0) is 19.7. The van der Waals surface area contributed by atoms with Gasteiger partial charge in [0.25, 0.3) is 0 Å². The molecule has 0 radical (unpaired) electrons. The average Bonchev–Trinajstić information content (AvgIpc) is 2.56. The summed E-state index contributed by atoms with van der Waals surface area (Å²) in [5.41, 5.74) is 0.992. The minimum Gasteiger partial charge on any atom is -0.461 e. The highest BCUT2D eigenvalue weighted by atomic mass is 16.5. The lowest BCUT2D eigenvalue weighted by Gasteiger charge is -2.30. The van der Waals surface area contributed by atoms with Gasteiger partial charge in [0, 0.05) is 19.5 Å². The molecule has 1 rings (SSSR count). The van der Waals surface area contributed by atoms with E-state index in [0.29, 0.717) is 25.4 Å². The van der Waals surface area contributed by atoms with Gasteiger partial charge in [-0.15, -0.1) is 0 Å². The van der Waals surface area contributed by atoms with Crippen LogP contribution in [0.15, 0.2) is 30.3 Å². The maximum atomic E-state index is 12.7. The van der Waals surface area contributed by atoms with Gasteiger partial charge in [-0.2, -0.15) is 0 Å². The van der Waals surface area contributed by atoms with Gasteiger partial charge in [0.2, 0.25) is 5.91 Å². The molecule has 0 bridgehead atoms. The summed E-state index contributed by atoms with van der Waals surface area (Å²) < 4.78 is 5.50. The van der Waals surface area contributed by atoms with E-state index in [-0.39, 0.29) is 36.2 Å². The Hall–Kier alpha value is -1.84. The van der Waals surface area contributed by atoms with Crippen molar-refractivity contribution in [2.75, 3.05) is 13.1 Å². The van der Waals surface area contributed by atoms with Gasteiger partial charge in [0.1, 0.15) is 6.61 Å². The number of ether oxygens (including phenoxy) is 1. The predicted molar refractivity (Wildman–Crippen MR) is 106 cm³/mol. The van der Waals surface area contributed by atoms with Gasteiger partial charge in [-0.3, -0.25) is 9.59 Å². The van der Waals surface area contributed by atoms with Crippen LogP contribution in [0, 0.1) is 17.3 Å². The molecule has 0 fully saturated rings. The number of benzene rings is 1. The second-order valence-corrected chi connectivity index (χ2v) is 8.59. The summed E-state index contributed by atoms with van der Waals surface area (Å²) in [6.45, 7) is 14.0. The molecule has 4 heteroatoms. The molecule has 0 saturated heterocycles. The van der Waals surface area contributed by atoms with Crippen molar-refractivity contribution >= 4 is 11.9 Å². The average molecular weight is 362 g/mol. The van der Waals surface area contributed by atoms with E-state index < -0.39 is 0 Å². The van der Waals surface area contributed by atoms with Crippen molar-refractivity contribution in [1.29, 1.82) is 0 Å². The summed E-state index contributed by atoms with van der Waals surface area (Å²) >= 11 is 0. The highest BCUT2D eigenvalue weighted by Crippen LogP contribution is 2.21. The number of carbonyl (C=O) groups excluding carboxylic acids is 2. The van der Waals surface area contributed by atoms with Gasteiger partial charge < -0.3 is 9.64 Å². The molecule has 4 nitrogen and oxygen atoms in total. The maximum Gasteiger partial charge on any atom is 0.309 e. The fourth-order valence-corrected chi connectivity index (χ4v) is 2.97. The third-order valence-electron chi connectivity index (χ3n) is 4.13. The highest BCUT2D eigenvalue weighted by Gasteiger charge is 2.28. The van der Waals surface area contributed by atoms with Crippen LogP contribution in [0.5, 0.6) is 0 Å². The van der Waals surface area contributed by atoms with Crippen molar-refractivity contribution in [2.24, 2.45) is 17.3 Å². The fraction of sp³-hybridized carbons (Fsp3) is 0.636. The number of esters is 1. The Morgan fingerprint density at radius 1 is 1.12 bits per heavy atom. The van der Waals surface area contributed by atoms with E-state index in [4.69, 9.17) is 4.74 Å². The van der Waals surface area contributed by atoms with Crippen LogP contribution in [-0.2, 0) is 20.9 Å². The van der Waals surface area contributed by atoms with Gasteiger partial charge in [0.15, 0.2) is 0 Å². The topological polar surface area (TPSA) is 46.6 Å². The third kappa shape index (κ3) is 8.50. The number of rotatable bonds is 9. The minimum absolute atomic E-state index is 0.0322. The molecule has 0 spiro atoms. The Bertz CT molecular complexity index is 561. The van der Waals surface area contributed by atoms with Crippen LogP contribution >= 0.6 is 0 Å². The van der Waals surface area contributed by atoms with Crippen LogP contribution in [0.1, 0.15) is 59.9 Å². The molecule has 26 heavy (non-hydrogen) atoms. The lowest BCUT2D eigenvalue weighted by Crippen LogP contribution is -2.39. The number of carbonyl (C=O) groups is 2. The van der Waals surface area contributed by atoms with Crippen LogP contribution in [-0.4, -0.2) is 29.9 Å². The highest BCUT2D eigenvalue weighted by molar-refractivity contribution is 5.83. The van der Waals surface area contributed by atoms with E-state index in [1.807, 2.05) is 42.2 Å². The van der Waals surface area contributed by atoms with Gasteiger partial charge in [-0.1, -0.05) is 65.0 Å². The molecule has 1 aromatic carbocycles. The largest absolute Gasteiger partial charge is 0.461 e. The monoisotopic (exact) mass is 361 g/mol. The van der Waals surface area contributed by atoms with E-state index in [1.165, 1.54) is 0 Å². The Balaban J connectivity index is 2.72. The molecule has 0 aliphatic rings. The SMILES string of the molecule is CCN(CC(C)(C)C)C(=O)C[C@@H](CC(C)C)C(=O)OCc1ccccc1. The molecule has 0 aromatic heterocycles. The second-order valence-electron chi connectivity index (χ2n) is 8.59. The van der Waals surface area contributed by atoms with Crippen LogP contribution < -0.4 is 0 Å². The summed E-state index contributed by atoms with van der Waals surface area (Å²) in [6, 6.07) is 9.63. The van der Waals surface area contributed by atoms with Gasteiger partial charge in [-0.25, -0.2) is 0 Å². The summed E-state index contributed by atoms with van der Waals surface area (Å²) in [4.78, 5) is 27.2. The van der Waals surface area contributed by atoms with E-state index in [0.717, 1.165) is 5.56 Å². The maximum absolute atomic E-state index is 12.7. The summed E-state index contributed by atoms with van der Waals surface area (Å²) in [6.07, 6.45) is 0.877. The fourth-order valence-electron chi connectivity index (χ4n) is 2.97. The molecule has 0 aliphatic heterocycles. The summed E-state index contributed by atoms with van der Waals surface area (Å²) in [5.74, 6) is -0.303. The second kappa shape index (κ2) is 10.3. The first-order valence-corrected chi connectivity index (χ1v) is 9.60. The van der Waals surface area contributed by atoms with E-state index in [9.17, 15) is 9.59 Å². The molecule has 0 N–H and O–H groups in total. The standard InChI is InChI=1S/C22H35NO3/c1-7-23(16-22(4,5)6)20(24)14-19(13-17(2)3)21(25)26-15-18-11-9-8-10-12-18/h8-12,17,19H,7,13-16H2,1-6H3/t19-/m1/s1. The number of amides is 1. The molecule has 1 atom stereocenters. The smallest absolute Gasteiger partial charge is 0.309 e. The van der Waals surface area contributed by atoms with Crippen molar-refractivity contribution in [2.45, 2.75) is 61.0 Å². The normalized spacial score (nSPS) is 12.7. The Labute approximate surface area is 158 Å². The molecule has 1 amide bonds. The van der Waals surface area contributed by atoms with Gasteiger partial charge in [-0.05, 0) is 30.2 Å². The summed E-state index contributed by atoms with van der Waals surface area (Å²) in [7, 11) is 0. The van der Waals surface area contributed by atoms with E-state index >= 15 is 0 Å². The molecule has 146 valence electrons. The molecule has 0 saturated carbocycles. The molecular formula is C22H35NO3. The lowest BCUT2D eigenvalue weighted by molar-refractivity contribution is -0.153. The zero-order valence-electron chi connectivity index (χ0n) is 17.2. The van der Waals surface area contributed by atoms with Crippen LogP contribution in [0.25, 0.3) is 0 Å². The van der Waals surface area contributed by atoms with E-state index in [1.54, 1.807) is 0 Å². The quantitative estimate of drug-likeness (QED) is 0.600. The third-order valence-corrected chi connectivity index (χ3v) is 4.13. The van der Waals surface area contributed by atoms with Crippen molar-refractivity contribution < 1.29 is 14.3 Å². The zero-order valence-corrected chi connectivity index (χ0v) is 17.2. The Kier molecular flexibility index (Phi) is 8.83. The predicted octanol–water partition coefficient (Wildman–Crippen LogP) is 4.68. The Morgan fingerprint density at radius 2 is 1.73 bits per heavy atom. The molecular weight excluding hydrogens is 326 g/mol. The Morgan fingerprint density at radius 3 is 2.23 bits per heavy atom. The van der Waals surface area contributed by atoms with Crippen LogP contribution in [0.2, 0.25) is 0 Å².